The van der Waals surface area contributed by atoms with E-state index >= 15 is 0 Å². The molecule has 0 bridgehead atoms. The molecule has 4 rings (SSSR count). The van der Waals surface area contributed by atoms with Crippen molar-refractivity contribution in [1.29, 1.82) is 0 Å². The fourth-order valence-corrected chi connectivity index (χ4v) is 3.70. The molecule has 0 fully saturated rings. The molecule has 2 aliphatic heterocycles. The average Bonchev–Trinajstić information content (AvgIpc) is 3.09. The second-order valence-electron chi connectivity index (χ2n) is 6.70. The van der Waals surface area contributed by atoms with E-state index in [1.165, 1.54) is 5.56 Å². The summed E-state index contributed by atoms with van der Waals surface area (Å²) >= 11 is 0. The van der Waals surface area contributed by atoms with Gasteiger partial charge >= 0.3 is 6.34 Å². The third-order valence-corrected chi connectivity index (χ3v) is 4.95. The summed E-state index contributed by atoms with van der Waals surface area (Å²) < 4.78 is 4.36. The average molecular weight is 330 g/mol. The Balaban J connectivity index is 1.83. The van der Waals surface area contributed by atoms with Crippen molar-refractivity contribution in [2.75, 3.05) is 5.32 Å². The Hall–Kier alpha value is -2.97. The summed E-state index contributed by atoms with van der Waals surface area (Å²) in [6.07, 6.45) is 3.99. The molecule has 124 valence electrons. The molecule has 0 amide bonds. The molecule has 2 heterocycles. The molecule has 0 spiro atoms. The van der Waals surface area contributed by atoms with Crippen LogP contribution in [0.5, 0.6) is 0 Å². The van der Waals surface area contributed by atoms with Gasteiger partial charge < -0.3 is 5.32 Å². The SMILES string of the molecule is Cc1ccc(C2CC(C3=[N+]=CN=C3)Nc3ccccc3C2=O)c(C)c1. The first-order valence-corrected chi connectivity index (χ1v) is 8.53. The van der Waals surface area contributed by atoms with Gasteiger partial charge in [-0.05, 0) is 48.5 Å². The summed E-state index contributed by atoms with van der Waals surface area (Å²) in [7, 11) is 0. The predicted molar refractivity (Wildman–Crippen MR) is 103 cm³/mol. The highest BCUT2D eigenvalue weighted by Crippen LogP contribution is 2.35. The van der Waals surface area contributed by atoms with E-state index in [9.17, 15) is 4.79 Å². The molecule has 2 aromatic rings. The van der Waals surface area contributed by atoms with Crippen LogP contribution in [0.4, 0.5) is 5.69 Å². The van der Waals surface area contributed by atoms with E-state index in [2.05, 4.69) is 47.0 Å². The number of nitrogens with zero attached hydrogens (tertiary/aromatic N) is 2. The molecule has 0 saturated heterocycles. The molecule has 0 aromatic heterocycles. The van der Waals surface area contributed by atoms with Crippen LogP contribution >= 0.6 is 0 Å². The van der Waals surface area contributed by atoms with Gasteiger partial charge in [0.15, 0.2) is 5.78 Å². The monoisotopic (exact) mass is 330 g/mol. The number of ketones is 1. The standard InChI is InChI=1S/C21H19N3O/c1-13-7-8-15(14(2)9-13)17-10-19(20-11-22-12-23-20)24-18-6-4-3-5-16(18)21(17)25/h3-9,11-12,17,19H,10H2,1-2H3/p+1. The van der Waals surface area contributed by atoms with Crippen LogP contribution in [-0.2, 0) is 0 Å². The van der Waals surface area contributed by atoms with E-state index in [4.69, 9.17) is 0 Å². The molecule has 4 nitrogen and oxygen atoms in total. The zero-order valence-corrected chi connectivity index (χ0v) is 14.4. The van der Waals surface area contributed by atoms with Crippen molar-refractivity contribution in [1.82, 2.24) is 4.67 Å². The molecule has 2 atom stereocenters. The molecule has 1 N–H and O–H groups in total. The first-order valence-electron chi connectivity index (χ1n) is 8.53. The maximum absolute atomic E-state index is 13.3. The van der Waals surface area contributed by atoms with Gasteiger partial charge in [0.1, 0.15) is 6.04 Å². The van der Waals surface area contributed by atoms with Crippen molar-refractivity contribution >= 4 is 29.7 Å². The van der Waals surface area contributed by atoms with Crippen molar-refractivity contribution < 1.29 is 4.79 Å². The van der Waals surface area contributed by atoms with Gasteiger partial charge in [0, 0.05) is 11.3 Å². The van der Waals surface area contributed by atoms with Crippen LogP contribution in [0.3, 0.4) is 0 Å². The van der Waals surface area contributed by atoms with Gasteiger partial charge in [-0.25, -0.2) is 4.67 Å². The highest BCUT2D eigenvalue weighted by Gasteiger charge is 2.36. The molecule has 2 aliphatic rings. The number of carbonyl (C=O) groups excluding carboxylic acids is 1. The van der Waals surface area contributed by atoms with Gasteiger partial charge in [0.2, 0.25) is 6.21 Å². The molecule has 4 heteroatoms. The number of hydrogen-bond acceptors (Lipinski definition) is 3. The lowest BCUT2D eigenvalue weighted by molar-refractivity contribution is 0.0958. The topological polar surface area (TPSA) is 55.6 Å². The summed E-state index contributed by atoms with van der Waals surface area (Å²) in [5, 5.41) is 3.50. The number of fused-ring (bicyclic) bond motifs is 1. The smallest absolute Gasteiger partial charge is 0.373 e. The van der Waals surface area contributed by atoms with Crippen molar-refractivity contribution in [3.05, 3.63) is 64.7 Å². The van der Waals surface area contributed by atoms with E-state index in [-0.39, 0.29) is 17.7 Å². The van der Waals surface area contributed by atoms with Gasteiger partial charge in [-0.15, -0.1) is 0 Å². The van der Waals surface area contributed by atoms with Crippen molar-refractivity contribution in [3.8, 4) is 0 Å². The van der Waals surface area contributed by atoms with E-state index in [0.717, 1.165) is 28.1 Å². The van der Waals surface area contributed by atoms with Gasteiger partial charge in [-0.3, -0.25) is 4.79 Å². The number of rotatable bonds is 2. The van der Waals surface area contributed by atoms with Crippen LogP contribution in [0.1, 0.15) is 39.4 Å². The lowest BCUT2D eigenvalue weighted by atomic mass is 9.83. The van der Waals surface area contributed by atoms with Crippen molar-refractivity contribution in [2.45, 2.75) is 32.2 Å². The Morgan fingerprint density at radius 1 is 1.16 bits per heavy atom. The van der Waals surface area contributed by atoms with Gasteiger partial charge in [-0.2, -0.15) is 0 Å². The minimum Gasteiger partial charge on any atom is -0.373 e. The molecule has 0 aliphatic carbocycles. The first kappa shape index (κ1) is 15.6. The third kappa shape index (κ3) is 2.81. The maximum Gasteiger partial charge on any atom is 0.378 e. The third-order valence-electron chi connectivity index (χ3n) is 4.95. The van der Waals surface area contributed by atoms with Crippen molar-refractivity contribution in [3.63, 3.8) is 0 Å². The zero-order valence-electron chi connectivity index (χ0n) is 14.4. The number of carbonyl (C=O) groups is 1. The normalized spacial score (nSPS) is 21.5. The van der Waals surface area contributed by atoms with E-state index in [1.54, 1.807) is 12.6 Å². The molecule has 2 aromatic carbocycles. The lowest BCUT2D eigenvalue weighted by Crippen LogP contribution is -2.32. The van der Waals surface area contributed by atoms with E-state index in [0.29, 0.717) is 6.42 Å². The molecule has 0 saturated carbocycles. The number of Topliss-reactive ketones (excluding diaryl/α,β-unsaturated/α-hetero) is 1. The Kier molecular flexibility index (Phi) is 3.83. The second kappa shape index (κ2) is 6.15. The van der Waals surface area contributed by atoms with Crippen LogP contribution in [0.15, 0.2) is 47.5 Å². The fraction of sp³-hybridized carbons (Fsp3) is 0.238. The Bertz CT molecular complexity index is 951. The quantitative estimate of drug-likeness (QED) is 0.860. The molecule has 2 unspecified atom stereocenters. The van der Waals surface area contributed by atoms with Gasteiger partial charge in [-0.1, -0.05) is 35.9 Å². The van der Waals surface area contributed by atoms with Crippen LogP contribution in [0, 0.1) is 13.8 Å². The largest absolute Gasteiger partial charge is 0.378 e. The van der Waals surface area contributed by atoms with Crippen LogP contribution in [0.2, 0.25) is 0 Å². The minimum atomic E-state index is -0.196. The summed E-state index contributed by atoms with van der Waals surface area (Å²) in [6.45, 7) is 4.15. The summed E-state index contributed by atoms with van der Waals surface area (Å²) in [5.41, 5.74) is 5.95. The summed E-state index contributed by atoms with van der Waals surface area (Å²) in [5.74, 6) is -0.0319. The zero-order chi connectivity index (χ0) is 17.4. The van der Waals surface area contributed by atoms with Crippen LogP contribution in [-0.4, -0.2) is 30.1 Å². The predicted octanol–water partition coefficient (Wildman–Crippen LogP) is 3.08. The fourth-order valence-electron chi connectivity index (χ4n) is 3.70. The van der Waals surface area contributed by atoms with E-state index in [1.807, 2.05) is 24.3 Å². The number of benzene rings is 2. The number of aliphatic imine (C=N–C) groups is 1. The number of para-hydroxylation sites is 1. The van der Waals surface area contributed by atoms with E-state index < -0.39 is 0 Å². The van der Waals surface area contributed by atoms with Gasteiger partial charge in [0.25, 0.3) is 5.71 Å². The first-order chi connectivity index (χ1) is 12.1. The number of nitrogens with one attached hydrogen (secondary N) is 1. The van der Waals surface area contributed by atoms with Gasteiger partial charge in [0.05, 0.1) is 5.92 Å². The second-order valence-corrected chi connectivity index (χ2v) is 6.70. The highest BCUT2D eigenvalue weighted by molar-refractivity contribution is 6.36. The molecule has 0 radical (unpaired) electrons. The molecular formula is C21H20N3O+. The number of hydrogen-bond donors (Lipinski definition) is 1. The molecule has 25 heavy (non-hydrogen) atoms. The maximum atomic E-state index is 13.3. The Morgan fingerprint density at radius 3 is 2.76 bits per heavy atom. The van der Waals surface area contributed by atoms with Crippen LogP contribution in [0.25, 0.3) is 0 Å². The Labute approximate surface area is 147 Å². The lowest BCUT2D eigenvalue weighted by Gasteiger charge is -2.19. The molecular weight excluding hydrogens is 310 g/mol. The minimum absolute atomic E-state index is 0.0409. The number of anilines is 1. The number of aryl methyl sites for hydroxylation is 2. The Morgan fingerprint density at radius 2 is 2.00 bits per heavy atom. The van der Waals surface area contributed by atoms with Crippen molar-refractivity contribution in [2.24, 2.45) is 4.99 Å². The summed E-state index contributed by atoms with van der Waals surface area (Å²) in [6, 6.07) is 14.0. The van der Waals surface area contributed by atoms with Crippen LogP contribution < -0.4 is 9.98 Å². The summed E-state index contributed by atoms with van der Waals surface area (Å²) in [4.78, 5) is 17.4. The highest BCUT2D eigenvalue weighted by atomic mass is 16.1.